The smallest absolute Gasteiger partial charge is 0.237 e. The van der Waals surface area contributed by atoms with Gasteiger partial charge in [0.25, 0.3) is 0 Å². The lowest BCUT2D eigenvalue weighted by atomic mass is 9.92. The fourth-order valence-corrected chi connectivity index (χ4v) is 3.87. The van der Waals surface area contributed by atoms with Crippen molar-refractivity contribution >= 4 is 31.5 Å². The fraction of sp³-hybridized carbons (Fsp3) is 0.500. The van der Waals surface area contributed by atoms with Crippen LogP contribution in [0.4, 0.5) is 5.69 Å². The highest BCUT2D eigenvalue weighted by Gasteiger charge is 2.46. The molecule has 0 aliphatic carbocycles. The standard InChI is InChI=1S/C18H25NO4Si/c1-11(24(3,4)5)10-15-12(2)16(20)19(17(15)21)14-8-6-13(7-9-14)18(22)23/h6-9,11-12,15H,10H2,1-5H3,(H,22,23)/p-1. The zero-order valence-corrected chi connectivity index (χ0v) is 15.8. The predicted octanol–water partition coefficient (Wildman–Crippen LogP) is 2.29. The van der Waals surface area contributed by atoms with Crippen LogP contribution < -0.4 is 10.0 Å². The van der Waals surface area contributed by atoms with Crippen LogP contribution in [0, 0.1) is 11.8 Å². The van der Waals surface area contributed by atoms with Crippen LogP contribution in [0.2, 0.25) is 25.2 Å². The number of imide groups is 1. The molecule has 0 bridgehead atoms. The van der Waals surface area contributed by atoms with E-state index in [1.807, 2.05) is 0 Å². The largest absolute Gasteiger partial charge is 0.545 e. The van der Waals surface area contributed by atoms with Gasteiger partial charge in [0.2, 0.25) is 11.8 Å². The second-order valence-corrected chi connectivity index (χ2v) is 13.5. The van der Waals surface area contributed by atoms with Crippen LogP contribution in [-0.4, -0.2) is 25.9 Å². The van der Waals surface area contributed by atoms with Gasteiger partial charge in [0, 0.05) is 14.0 Å². The molecule has 1 aromatic rings. The molecule has 24 heavy (non-hydrogen) atoms. The Labute approximate surface area is 143 Å². The number of hydrogen-bond donors (Lipinski definition) is 0. The van der Waals surface area contributed by atoms with Gasteiger partial charge in [0.1, 0.15) is 0 Å². The van der Waals surface area contributed by atoms with Crippen LogP contribution in [0.15, 0.2) is 24.3 Å². The Morgan fingerprint density at radius 1 is 1.17 bits per heavy atom. The molecule has 0 spiro atoms. The third-order valence-corrected chi connectivity index (χ3v) is 8.39. The van der Waals surface area contributed by atoms with Crippen LogP contribution >= 0.6 is 0 Å². The summed E-state index contributed by atoms with van der Waals surface area (Å²) in [5.74, 6) is -2.33. The lowest BCUT2D eigenvalue weighted by Gasteiger charge is -2.27. The summed E-state index contributed by atoms with van der Waals surface area (Å²) in [6.07, 6.45) is 0.717. The molecule has 1 aromatic carbocycles. The third-order valence-electron chi connectivity index (χ3n) is 5.20. The molecule has 5 nitrogen and oxygen atoms in total. The van der Waals surface area contributed by atoms with Crippen LogP contribution in [0.25, 0.3) is 0 Å². The Hall–Kier alpha value is -1.95. The van der Waals surface area contributed by atoms with Gasteiger partial charge in [0.05, 0.1) is 17.6 Å². The summed E-state index contributed by atoms with van der Waals surface area (Å²) >= 11 is 0. The van der Waals surface area contributed by atoms with Gasteiger partial charge in [-0.05, 0) is 29.7 Å². The fourth-order valence-electron chi connectivity index (χ4n) is 2.90. The number of nitrogens with zero attached hydrogens (tertiary/aromatic N) is 1. The van der Waals surface area contributed by atoms with Crippen molar-refractivity contribution < 1.29 is 19.5 Å². The number of aromatic carboxylic acids is 1. The van der Waals surface area contributed by atoms with E-state index >= 15 is 0 Å². The summed E-state index contributed by atoms with van der Waals surface area (Å²) in [5.41, 5.74) is 0.877. The minimum absolute atomic E-state index is 0.0230. The van der Waals surface area contributed by atoms with E-state index in [4.69, 9.17) is 0 Å². The van der Waals surface area contributed by atoms with Crippen molar-refractivity contribution in [1.29, 1.82) is 0 Å². The van der Waals surface area contributed by atoms with Crippen molar-refractivity contribution in [2.75, 3.05) is 4.90 Å². The van der Waals surface area contributed by atoms with Crippen molar-refractivity contribution in [3.8, 4) is 0 Å². The number of rotatable bonds is 5. The zero-order chi connectivity index (χ0) is 18.2. The molecule has 6 heteroatoms. The highest BCUT2D eigenvalue weighted by atomic mass is 28.3. The van der Waals surface area contributed by atoms with Gasteiger partial charge in [-0.25, -0.2) is 0 Å². The Morgan fingerprint density at radius 3 is 2.17 bits per heavy atom. The molecule has 3 atom stereocenters. The SMILES string of the molecule is CC1C(=O)N(c2ccc(C(=O)[O-])cc2)C(=O)C1CC(C)[Si](C)(C)C. The van der Waals surface area contributed by atoms with Crippen LogP contribution in [0.3, 0.4) is 0 Å². The molecule has 1 fully saturated rings. The van der Waals surface area contributed by atoms with Gasteiger partial charge in [0.15, 0.2) is 0 Å². The Kier molecular flexibility index (Phi) is 4.99. The van der Waals surface area contributed by atoms with Crippen LogP contribution in [0.5, 0.6) is 0 Å². The summed E-state index contributed by atoms with van der Waals surface area (Å²) < 4.78 is 0. The first-order chi connectivity index (χ1) is 11.0. The minimum atomic E-state index is -1.38. The topological polar surface area (TPSA) is 77.5 Å². The molecule has 0 N–H and O–H groups in total. The second kappa shape index (κ2) is 6.51. The Morgan fingerprint density at radius 2 is 1.71 bits per heavy atom. The van der Waals surface area contributed by atoms with Crippen molar-refractivity contribution in [2.24, 2.45) is 11.8 Å². The van der Waals surface area contributed by atoms with E-state index in [2.05, 4.69) is 26.6 Å². The maximum Gasteiger partial charge on any atom is 0.237 e. The molecule has 0 saturated carbocycles. The molecule has 1 aliphatic rings. The molecule has 1 heterocycles. The van der Waals surface area contributed by atoms with E-state index in [1.165, 1.54) is 29.2 Å². The van der Waals surface area contributed by atoms with E-state index in [-0.39, 0.29) is 29.2 Å². The van der Waals surface area contributed by atoms with Crippen molar-refractivity contribution in [2.45, 2.75) is 45.5 Å². The van der Waals surface area contributed by atoms with Gasteiger partial charge >= 0.3 is 0 Å². The van der Waals surface area contributed by atoms with Gasteiger partial charge in [-0.1, -0.05) is 45.6 Å². The number of carbonyl (C=O) groups is 3. The van der Waals surface area contributed by atoms with Gasteiger partial charge < -0.3 is 9.90 Å². The lowest BCUT2D eigenvalue weighted by molar-refractivity contribution is -0.255. The lowest BCUT2D eigenvalue weighted by Crippen LogP contribution is -2.32. The third kappa shape index (κ3) is 3.43. The summed E-state index contributed by atoms with van der Waals surface area (Å²) in [6, 6.07) is 5.68. The average molecular weight is 346 g/mol. The average Bonchev–Trinajstić information content (AvgIpc) is 2.70. The van der Waals surface area contributed by atoms with Crippen LogP contribution in [-0.2, 0) is 9.59 Å². The number of amides is 2. The summed E-state index contributed by atoms with van der Waals surface area (Å²) in [6.45, 7) is 10.8. The molecule has 3 unspecified atom stereocenters. The van der Waals surface area contributed by atoms with E-state index in [0.717, 1.165) is 6.42 Å². The number of carboxylic acid groups (broad SMARTS) is 1. The van der Waals surface area contributed by atoms with E-state index < -0.39 is 14.0 Å². The second-order valence-electron chi connectivity index (χ2n) is 7.74. The number of benzene rings is 1. The first-order valence-electron chi connectivity index (χ1n) is 8.23. The first kappa shape index (κ1) is 18.4. The maximum absolute atomic E-state index is 12.8. The van der Waals surface area contributed by atoms with Gasteiger partial charge in [-0.15, -0.1) is 0 Å². The number of hydrogen-bond acceptors (Lipinski definition) is 4. The highest BCUT2D eigenvalue weighted by Crippen LogP contribution is 2.38. The monoisotopic (exact) mass is 346 g/mol. The predicted molar refractivity (Wildman–Crippen MR) is 93.3 cm³/mol. The van der Waals surface area contributed by atoms with E-state index in [0.29, 0.717) is 11.2 Å². The Balaban J connectivity index is 2.25. The summed E-state index contributed by atoms with van der Waals surface area (Å²) in [5, 5.41) is 10.8. The van der Waals surface area contributed by atoms with Crippen molar-refractivity contribution in [3.05, 3.63) is 29.8 Å². The normalized spacial score (nSPS) is 22.8. The minimum Gasteiger partial charge on any atom is -0.545 e. The van der Waals surface area contributed by atoms with E-state index in [1.54, 1.807) is 6.92 Å². The van der Waals surface area contributed by atoms with Crippen molar-refractivity contribution in [3.63, 3.8) is 0 Å². The van der Waals surface area contributed by atoms with E-state index in [9.17, 15) is 19.5 Å². The molecule has 2 rings (SSSR count). The quantitative estimate of drug-likeness (QED) is 0.605. The molecule has 130 valence electrons. The molecule has 2 amide bonds. The summed E-state index contributed by atoms with van der Waals surface area (Å²) in [7, 11) is -1.38. The molecule has 0 radical (unpaired) electrons. The molecule has 1 saturated heterocycles. The first-order valence-corrected chi connectivity index (χ1v) is 11.8. The molecule has 0 aromatic heterocycles. The Bertz CT molecular complexity index is 663. The number of carbonyl (C=O) groups excluding carboxylic acids is 3. The van der Waals surface area contributed by atoms with Gasteiger partial charge in [-0.2, -0.15) is 0 Å². The zero-order valence-electron chi connectivity index (χ0n) is 14.8. The maximum atomic E-state index is 12.8. The number of anilines is 1. The molecule has 1 aliphatic heterocycles. The van der Waals surface area contributed by atoms with Crippen molar-refractivity contribution in [1.82, 2.24) is 0 Å². The molecular weight excluding hydrogens is 322 g/mol. The van der Waals surface area contributed by atoms with Crippen LogP contribution in [0.1, 0.15) is 30.6 Å². The summed E-state index contributed by atoms with van der Waals surface area (Å²) in [4.78, 5) is 37.4. The van der Waals surface area contributed by atoms with Gasteiger partial charge in [-0.3, -0.25) is 14.5 Å². The number of carboxylic acids is 1. The highest BCUT2D eigenvalue weighted by molar-refractivity contribution is 6.77. The molecular formula is C18H24NO4Si-.